The first-order valence-electron chi connectivity index (χ1n) is 6.32. The Kier molecular flexibility index (Phi) is 5.25. The molecule has 5 nitrogen and oxygen atoms in total. The van der Waals surface area contributed by atoms with Gasteiger partial charge in [-0.05, 0) is 19.3 Å². The van der Waals surface area contributed by atoms with Crippen LogP contribution in [0.25, 0.3) is 0 Å². The number of carboxylic acid groups (broad SMARTS) is 1. The maximum atomic E-state index is 12.1. The van der Waals surface area contributed by atoms with E-state index in [-0.39, 0.29) is 6.03 Å². The van der Waals surface area contributed by atoms with E-state index < -0.39 is 12.0 Å². The second-order valence-electron chi connectivity index (χ2n) is 4.56. The third-order valence-electron chi connectivity index (χ3n) is 3.32. The van der Waals surface area contributed by atoms with Crippen molar-refractivity contribution in [3.05, 3.63) is 0 Å². The van der Waals surface area contributed by atoms with Gasteiger partial charge in [-0.25, -0.2) is 9.59 Å². The lowest BCUT2D eigenvalue weighted by molar-refractivity contribution is -0.142. The molecule has 1 atom stereocenters. The van der Waals surface area contributed by atoms with Crippen molar-refractivity contribution in [3.63, 3.8) is 0 Å². The first kappa shape index (κ1) is 13.8. The molecule has 2 amide bonds. The Hall–Kier alpha value is -1.26. The number of amides is 2. The van der Waals surface area contributed by atoms with Crippen LogP contribution in [-0.4, -0.2) is 53.1 Å². The van der Waals surface area contributed by atoms with E-state index in [9.17, 15) is 9.59 Å². The molecule has 0 radical (unpaired) electrons. The number of hydrogen-bond acceptors (Lipinski definition) is 2. The molecule has 0 aromatic heterocycles. The van der Waals surface area contributed by atoms with Gasteiger partial charge in [0, 0.05) is 20.1 Å². The third kappa shape index (κ3) is 3.61. The minimum Gasteiger partial charge on any atom is -0.480 e. The number of carboxylic acids is 1. The Balaban J connectivity index is 2.63. The molecule has 5 heteroatoms. The summed E-state index contributed by atoms with van der Waals surface area (Å²) >= 11 is 0. The van der Waals surface area contributed by atoms with Gasteiger partial charge < -0.3 is 14.9 Å². The molecule has 0 saturated carbocycles. The van der Waals surface area contributed by atoms with Crippen LogP contribution < -0.4 is 0 Å². The summed E-state index contributed by atoms with van der Waals surface area (Å²) in [6.07, 6.45) is 4.78. The molecule has 0 aliphatic carbocycles. The Labute approximate surface area is 102 Å². The van der Waals surface area contributed by atoms with Gasteiger partial charge in [0.15, 0.2) is 0 Å². The van der Waals surface area contributed by atoms with Crippen LogP contribution in [0.5, 0.6) is 0 Å². The normalized spacial score (nSPS) is 18.4. The van der Waals surface area contributed by atoms with Crippen LogP contribution >= 0.6 is 0 Å². The summed E-state index contributed by atoms with van der Waals surface area (Å²) in [6.45, 7) is 3.28. The predicted molar refractivity (Wildman–Crippen MR) is 64.9 cm³/mol. The minimum atomic E-state index is -0.932. The van der Waals surface area contributed by atoms with Gasteiger partial charge >= 0.3 is 12.0 Å². The zero-order valence-electron chi connectivity index (χ0n) is 10.7. The van der Waals surface area contributed by atoms with Crippen LogP contribution in [0.4, 0.5) is 4.79 Å². The number of carbonyl (C=O) groups is 2. The molecule has 0 bridgehead atoms. The molecular formula is C12H22N2O3. The van der Waals surface area contributed by atoms with E-state index in [4.69, 9.17) is 5.11 Å². The standard InChI is InChI=1S/C12H22N2O3/c1-3-10(11(15)16)13(2)12(17)14-8-6-4-5-7-9-14/h10H,3-9H2,1-2H3,(H,15,16). The molecule has 1 N–H and O–H groups in total. The molecule has 1 aliphatic rings. The molecule has 0 aromatic rings. The summed E-state index contributed by atoms with van der Waals surface area (Å²) in [4.78, 5) is 26.3. The largest absolute Gasteiger partial charge is 0.480 e. The molecule has 17 heavy (non-hydrogen) atoms. The molecule has 0 spiro atoms. The summed E-state index contributed by atoms with van der Waals surface area (Å²) in [7, 11) is 1.58. The second-order valence-corrected chi connectivity index (χ2v) is 4.56. The van der Waals surface area contributed by atoms with E-state index in [1.54, 1.807) is 18.9 Å². The fourth-order valence-electron chi connectivity index (χ4n) is 2.23. The number of nitrogens with zero attached hydrogens (tertiary/aromatic N) is 2. The number of likely N-dealkylation sites (tertiary alicyclic amines) is 1. The number of likely N-dealkylation sites (N-methyl/N-ethyl adjacent to an activating group) is 1. The Bertz CT molecular complexity index is 273. The summed E-state index contributed by atoms with van der Waals surface area (Å²) in [5.41, 5.74) is 0. The monoisotopic (exact) mass is 242 g/mol. The molecule has 1 heterocycles. The average molecular weight is 242 g/mol. The first-order valence-corrected chi connectivity index (χ1v) is 6.32. The molecule has 1 saturated heterocycles. The number of rotatable bonds is 3. The number of aliphatic carboxylic acids is 1. The highest BCUT2D eigenvalue weighted by Crippen LogP contribution is 2.13. The average Bonchev–Trinajstić information content (AvgIpc) is 2.56. The lowest BCUT2D eigenvalue weighted by atomic mass is 10.2. The van der Waals surface area contributed by atoms with Crippen molar-refractivity contribution in [1.82, 2.24) is 9.80 Å². The van der Waals surface area contributed by atoms with Crippen LogP contribution in [0.1, 0.15) is 39.0 Å². The quantitative estimate of drug-likeness (QED) is 0.820. The highest BCUT2D eigenvalue weighted by molar-refractivity contribution is 5.82. The molecule has 98 valence electrons. The summed E-state index contributed by atoms with van der Waals surface area (Å²) in [5.74, 6) is -0.932. The molecule has 1 fully saturated rings. The molecule has 1 aliphatic heterocycles. The number of carbonyl (C=O) groups excluding carboxylic acids is 1. The van der Waals surface area contributed by atoms with Crippen molar-refractivity contribution in [2.75, 3.05) is 20.1 Å². The minimum absolute atomic E-state index is 0.152. The van der Waals surface area contributed by atoms with Gasteiger partial charge in [-0.15, -0.1) is 0 Å². The lowest BCUT2D eigenvalue weighted by Gasteiger charge is -2.30. The number of hydrogen-bond donors (Lipinski definition) is 1. The highest BCUT2D eigenvalue weighted by Gasteiger charge is 2.28. The van der Waals surface area contributed by atoms with Crippen LogP contribution in [0, 0.1) is 0 Å². The summed E-state index contributed by atoms with van der Waals surface area (Å²) < 4.78 is 0. The Morgan fingerprint density at radius 3 is 2.18 bits per heavy atom. The molecule has 1 rings (SSSR count). The van der Waals surface area contributed by atoms with Gasteiger partial charge in [0.25, 0.3) is 0 Å². The van der Waals surface area contributed by atoms with Crippen LogP contribution in [0.2, 0.25) is 0 Å². The maximum absolute atomic E-state index is 12.1. The van der Waals surface area contributed by atoms with Gasteiger partial charge in [-0.1, -0.05) is 19.8 Å². The smallest absolute Gasteiger partial charge is 0.326 e. The summed E-state index contributed by atoms with van der Waals surface area (Å²) in [5, 5.41) is 9.03. The molecular weight excluding hydrogens is 220 g/mol. The molecule has 1 unspecified atom stereocenters. The van der Waals surface area contributed by atoms with Crippen molar-refractivity contribution < 1.29 is 14.7 Å². The lowest BCUT2D eigenvalue weighted by Crippen LogP contribution is -2.49. The topological polar surface area (TPSA) is 60.9 Å². The van der Waals surface area contributed by atoms with Crippen LogP contribution in [0.15, 0.2) is 0 Å². The SMILES string of the molecule is CCC(C(=O)O)N(C)C(=O)N1CCCCCC1. The van der Waals surface area contributed by atoms with E-state index in [1.165, 1.54) is 4.90 Å². The van der Waals surface area contributed by atoms with E-state index >= 15 is 0 Å². The van der Waals surface area contributed by atoms with Crippen molar-refractivity contribution in [2.24, 2.45) is 0 Å². The van der Waals surface area contributed by atoms with Crippen LogP contribution in [-0.2, 0) is 4.79 Å². The zero-order valence-corrected chi connectivity index (χ0v) is 10.7. The van der Waals surface area contributed by atoms with Crippen molar-refractivity contribution >= 4 is 12.0 Å². The van der Waals surface area contributed by atoms with Gasteiger partial charge in [0.1, 0.15) is 6.04 Å². The number of urea groups is 1. The summed E-state index contributed by atoms with van der Waals surface area (Å²) in [6, 6.07) is -0.869. The highest BCUT2D eigenvalue weighted by atomic mass is 16.4. The van der Waals surface area contributed by atoms with Gasteiger partial charge in [-0.2, -0.15) is 0 Å². The first-order chi connectivity index (χ1) is 8.07. The van der Waals surface area contributed by atoms with Gasteiger partial charge in [-0.3, -0.25) is 0 Å². The predicted octanol–water partition coefficient (Wildman–Crippen LogP) is 1.78. The van der Waals surface area contributed by atoms with E-state index in [1.807, 2.05) is 0 Å². The van der Waals surface area contributed by atoms with E-state index in [2.05, 4.69) is 0 Å². The third-order valence-corrected chi connectivity index (χ3v) is 3.32. The van der Waals surface area contributed by atoms with Gasteiger partial charge in [0.2, 0.25) is 0 Å². The van der Waals surface area contributed by atoms with E-state index in [0.717, 1.165) is 38.8 Å². The van der Waals surface area contributed by atoms with Crippen molar-refractivity contribution in [1.29, 1.82) is 0 Å². The maximum Gasteiger partial charge on any atom is 0.326 e. The second kappa shape index (κ2) is 6.47. The molecule has 0 aromatic carbocycles. The zero-order chi connectivity index (χ0) is 12.8. The fourth-order valence-corrected chi connectivity index (χ4v) is 2.23. The van der Waals surface area contributed by atoms with Gasteiger partial charge in [0.05, 0.1) is 0 Å². The Morgan fingerprint density at radius 2 is 1.76 bits per heavy atom. The fraction of sp³-hybridized carbons (Fsp3) is 0.833. The Morgan fingerprint density at radius 1 is 1.24 bits per heavy atom. The van der Waals surface area contributed by atoms with E-state index in [0.29, 0.717) is 6.42 Å². The van der Waals surface area contributed by atoms with Crippen molar-refractivity contribution in [2.45, 2.75) is 45.1 Å². The van der Waals surface area contributed by atoms with Crippen molar-refractivity contribution in [3.8, 4) is 0 Å². The van der Waals surface area contributed by atoms with Crippen LogP contribution in [0.3, 0.4) is 0 Å².